The quantitative estimate of drug-likeness (QED) is 0.885. The number of methoxy groups -OCH3 is 1. The predicted molar refractivity (Wildman–Crippen MR) is 88.8 cm³/mol. The Morgan fingerprint density at radius 2 is 2.12 bits per heavy atom. The number of hydrogen-bond donors (Lipinski definition) is 2. The summed E-state index contributed by atoms with van der Waals surface area (Å²) in [4.78, 5) is 17.5. The second kappa shape index (κ2) is 7.04. The van der Waals surface area contributed by atoms with E-state index in [9.17, 15) is 9.90 Å². The molecule has 0 spiro atoms. The van der Waals surface area contributed by atoms with E-state index >= 15 is 0 Å². The second-order valence-electron chi connectivity index (χ2n) is 5.44. The van der Waals surface area contributed by atoms with Crippen molar-refractivity contribution >= 4 is 11.6 Å². The van der Waals surface area contributed by atoms with E-state index in [1.807, 2.05) is 30.3 Å². The highest BCUT2D eigenvalue weighted by Crippen LogP contribution is 2.27. The van der Waals surface area contributed by atoms with Gasteiger partial charge in [-0.2, -0.15) is 0 Å². The van der Waals surface area contributed by atoms with Crippen LogP contribution in [-0.4, -0.2) is 23.8 Å². The zero-order chi connectivity index (χ0) is 16.9. The van der Waals surface area contributed by atoms with Gasteiger partial charge in [-0.15, -0.1) is 0 Å². The smallest absolute Gasteiger partial charge is 0.269 e. The lowest BCUT2D eigenvalue weighted by Crippen LogP contribution is -2.29. The highest BCUT2D eigenvalue weighted by Gasteiger charge is 2.27. The van der Waals surface area contributed by atoms with E-state index in [-0.39, 0.29) is 24.3 Å². The Morgan fingerprint density at radius 1 is 1.33 bits per heavy atom. The van der Waals surface area contributed by atoms with Crippen LogP contribution in [0.25, 0.3) is 0 Å². The maximum absolute atomic E-state index is 12.2. The normalized spacial score (nSPS) is 16.2. The lowest BCUT2D eigenvalue weighted by atomic mass is 10.0. The number of rotatable bonds is 5. The summed E-state index contributed by atoms with van der Waals surface area (Å²) < 4.78 is 4.99. The van der Waals surface area contributed by atoms with Crippen LogP contribution in [0.2, 0.25) is 0 Å². The van der Waals surface area contributed by atoms with Crippen molar-refractivity contribution in [1.82, 2.24) is 5.32 Å². The molecular formula is C18H18N2O4. The molecule has 2 aromatic rings. The van der Waals surface area contributed by atoms with Crippen molar-refractivity contribution in [2.45, 2.75) is 19.1 Å². The first-order valence-corrected chi connectivity index (χ1v) is 7.59. The van der Waals surface area contributed by atoms with Crippen molar-refractivity contribution in [3.63, 3.8) is 0 Å². The molecular weight excluding hydrogens is 308 g/mol. The minimum absolute atomic E-state index is 0.0370. The van der Waals surface area contributed by atoms with Crippen molar-refractivity contribution < 1.29 is 19.5 Å². The summed E-state index contributed by atoms with van der Waals surface area (Å²) in [6.45, 7) is 0.283. The SMILES string of the molecule is COc1ccc(CNC(=O)C2=NOC(c3ccccc3)C2)cc1O. The molecule has 1 aliphatic rings. The fourth-order valence-electron chi connectivity index (χ4n) is 2.49. The molecule has 0 aromatic heterocycles. The number of amides is 1. The number of nitrogens with zero attached hydrogens (tertiary/aromatic N) is 1. The summed E-state index contributed by atoms with van der Waals surface area (Å²) >= 11 is 0. The second-order valence-corrected chi connectivity index (χ2v) is 5.44. The first-order valence-electron chi connectivity index (χ1n) is 7.59. The number of nitrogens with one attached hydrogen (secondary N) is 1. The van der Waals surface area contributed by atoms with E-state index in [2.05, 4.69) is 10.5 Å². The lowest BCUT2D eigenvalue weighted by molar-refractivity contribution is -0.115. The Labute approximate surface area is 139 Å². The summed E-state index contributed by atoms with van der Waals surface area (Å²) in [5, 5.41) is 16.4. The highest BCUT2D eigenvalue weighted by molar-refractivity contribution is 6.39. The third-order valence-electron chi connectivity index (χ3n) is 3.80. The van der Waals surface area contributed by atoms with Gasteiger partial charge in [0.25, 0.3) is 5.91 Å². The van der Waals surface area contributed by atoms with Gasteiger partial charge in [0.15, 0.2) is 17.6 Å². The number of hydrogen-bond acceptors (Lipinski definition) is 5. The van der Waals surface area contributed by atoms with Crippen molar-refractivity contribution in [2.24, 2.45) is 5.16 Å². The number of carbonyl (C=O) groups excluding carboxylic acids is 1. The third kappa shape index (κ3) is 3.48. The van der Waals surface area contributed by atoms with E-state index < -0.39 is 0 Å². The van der Waals surface area contributed by atoms with Crippen molar-refractivity contribution in [3.05, 3.63) is 59.7 Å². The Kier molecular flexibility index (Phi) is 4.65. The number of phenols is 1. The van der Waals surface area contributed by atoms with Crippen LogP contribution in [-0.2, 0) is 16.2 Å². The molecule has 2 N–H and O–H groups in total. The Hall–Kier alpha value is -3.02. The maximum atomic E-state index is 12.2. The molecule has 0 bridgehead atoms. The molecule has 6 heteroatoms. The van der Waals surface area contributed by atoms with Gasteiger partial charge >= 0.3 is 0 Å². The van der Waals surface area contributed by atoms with Crippen LogP contribution in [0.3, 0.4) is 0 Å². The molecule has 1 aliphatic heterocycles. The Balaban J connectivity index is 1.55. The van der Waals surface area contributed by atoms with Gasteiger partial charge in [-0.3, -0.25) is 4.79 Å². The first-order chi connectivity index (χ1) is 11.7. The summed E-state index contributed by atoms with van der Waals surface area (Å²) in [6, 6.07) is 14.6. The average Bonchev–Trinajstić information content (AvgIpc) is 3.11. The topological polar surface area (TPSA) is 80.2 Å². The zero-order valence-corrected chi connectivity index (χ0v) is 13.2. The molecule has 0 saturated heterocycles. The van der Waals surface area contributed by atoms with Gasteiger partial charge in [-0.1, -0.05) is 41.6 Å². The minimum atomic E-state index is -0.274. The van der Waals surface area contributed by atoms with Crippen LogP contribution in [0.15, 0.2) is 53.7 Å². The minimum Gasteiger partial charge on any atom is -0.504 e. The largest absolute Gasteiger partial charge is 0.504 e. The van der Waals surface area contributed by atoms with E-state index in [1.165, 1.54) is 7.11 Å². The predicted octanol–water partition coefficient (Wildman–Crippen LogP) is 2.53. The molecule has 2 aromatic carbocycles. The van der Waals surface area contributed by atoms with Crippen molar-refractivity contribution in [2.75, 3.05) is 7.11 Å². The first kappa shape index (κ1) is 15.9. The Morgan fingerprint density at radius 3 is 2.83 bits per heavy atom. The molecule has 0 saturated carbocycles. The fourth-order valence-corrected chi connectivity index (χ4v) is 2.49. The van der Waals surface area contributed by atoms with Crippen LogP contribution < -0.4 is 10.1 Å². The number of phenolic OH excluding ortho intramolecular Hbond substituents is 1. The van der Waals surface area contributed by atoms with Gasteiger partial charge < -0.3 is 20.0 Å². The number of carbonyl (C=O) groups is 1. The van der Waals surface area contributed by atoms with Gasteiger partial charge in [0.2, 0.25) is 0 Å². The third-order valence-corrected chi connectivity index (χ3v) is 3.80. The number of benzene rings is 2. The van der Waals surface area contributed by atoms with E-state index in [0.717, 1.165) is 11.1 Å². The van der Waals surface area contributed by atoms with Crippen molar-refractivity contribution in [1.29, 1.82) is 0 Å². The van der Waals surface area contributed by atoms with Crippen LogP contribution in [0.5, 0.6) is 11.5 Å². The maximum Gasteiger partial charge on any atom is 0.269 e. The number of aromatic hydroxyl groups is 1. The molecule has 0 fully saturated rings. The average molecular weight is 326 g/mol. The van der Waals surface area contributed by atoms with Crippen LogP contribution in [0, 0.1) is 0 Å². The molecule has 1 unspecified atom stereocenters. The summed E-state index contributed by atoms with van der Waals surface area (Å²) in [6.07, 6.45) is 0.209. The van der Waals surface area contributed by atoms with Gasteiger partial charge in [0, 0.05) is 13.0 Å². The van der Waals surface area contributed by atoms with E-state index in [1.54, 1.807) is 18.2 Å². The van der Waals surface area contributed by atoms with Gasteiger partial charge in [-0.05, 0) is 23.3 Å². The standard InChI is InChI=1S/C18H18N2O4/c1-23-16-8-7-12(9-15(16)21)11-19-18(22)14-10-17(24-20-14)13-5-3-2-4-6-13/h2-9,17,21H,10-11H2,1H3,(H,19,22). The molecule has 1 heterocycles. The lowest BCUT2D eigenvalue weighted by Gasteiger charge is -2.08. The van der Waals surface area contributed by atoms with Crippen LogP contribution in [0.4, 0.5) is 0 Å². The van der Waals surface area contributed by atoms with Crippen LogP contribution in [0.1, 0.15) is 23.7 Å². The molecule has 6 nitrogen and oxygen atoms in total. The molecule has 0 radical (unpaired) electrons. The molecule has 1 amide bonds. The highest BCUT2D eigenvalue weighted by atomic mass is 16.6. The van der Waals surface area contributed by atoms with Crippen molar-refractivity contribution in [3.8, 4) is 11.5 Å². The molecule has 0 aliphatic carbocycles. The summed E-state index contributed by atoms with van der Waals surface area (Å²) in [5.41, 5.74) is 2.12. The summed E-state index contributed by atoms with van der Waals surface area (Å²) in [5.74, 6) is 0.156. The zero-order valence-electron chi connectivity index (χ0n) is 13.2. The van der Waals surface area contributed by atoms with Gasteiger partial charge in [0.1, 0.15) is 5.71 Å². The number of ether oxygens (including phenoxy) is 1. The number of oxime groups is 1. The van der Waals surface area contributed by atoms with Gasteiger partial charge in [-0.25, -0.2) is 0 Å². The molecule has 3 rings (SSSR count). The molecule has 24 heavy (non-hydrogen) atoms. The monoisotopic (exact) mass is 326 g/mol. The molecule has 124 valence electrons. The molecule has 1 atom stereocenters. The fraction of sp³-hybridized carbons (Fsp3) is 0.222. The van der Waals surface area contributed by atoms with Crippen LogP contribution >= 0.6 is 0 Å². The van der Waals surface area contributed by atoms with E-state index in [4.69, 9.17) is 9.57 Å². The van der Waals surface area contributed by atoms with E-state index in [0.29, 0.717) is 17.9 Å². The van der Waals surface area contributed by atoms with Gasteiger partial charge in [0.05, 0.1) is 7.11 Å². The Bertz CT molecular complexity index is 759. The summed E-state index contributed by atoms with van der Waals surface area (Å²) in [7, 11) is 1.48.